The normalized spacial score (nSPS) is 10.6. The van der Waals surface area contributed by atoms with E-state index >= 15 is 0 Å². The first-order valence-corrected chi connectivity index (χ1v) is 4.06. The van der Waals surface area contributed by atoms with E-state index in [1.165, 1.54) is 0 Å². The molecule has 2 N–H and O–H groups in total. The van der Waals surface area contributed by atoms with Crippen LogP contribution < -0.4 is 0 Å². The minimum Gasteiger partial charge on any atom is -0.427 e. The van der Waals surface area contributed by atoms with Crippen molar-refractivity contribution < 1.29 is 14.8 Å². The molecule has 0 aliphatic carbocycles. The van der Waals surface area contributed by atoms with Gasteiger partial charge in [0.15, 0.2) is 0 Å². The zero-order valence-electron chi connectivity index (χ0n) is 7.29. The minimum atomic E-state index is -1.23. The molecule has 0 radical (unpaired) electrons. The third-order valence-electron chi connectivity index (χ3n) is 1.36. The molecule has 0 fully saturated rings. The van der Waals surface area contributed by atoms with Gasteiger partial charge in [-0.15, -0.1) is 0 Å². The Balaban J connectivity index is 2.91. The molecule has 0 aromatic rings. The van der Waals surface area contributed by atoms with Crippen molar-refractivity contribution in [3.63, 3.8) is 0 Å². The maximum atomic E-state index is 8.44. The number of ether oxygens (including phenoxy) is 1. The molecule has 0 bridgehead atoms. The Morgan fingerprint density at radius 3 is 2.36 bits per heavy atom. The van der Waals surface area contributed by atoms with Gasteiger partial charge in [-0.05, 0) is 12.3 Å². The third-order valence-corrected chi connectivity index (χ3v) is 1.36. The molecule has 0 atom stereocenters. The molecule has 0 aromatic carbocycles. The summed E-state index contributed by atoms with van der Waals surface area (Å²) in [5.74, 6) is 0.647. The van der Waals surface area contributed by atoms with Crippen molar-refractivity contribution >= 4 is 7.12 Å². The fourth-order valence-corrected chi connectivity index (χ4v) is 0.610. The van der Waals surface area contributed by atoms with Crippen LogP contribution in [-0.2, 0) is 4.74 Å². The predicted molar refractivity (Wildman–Crippen MR) is 45.3 cm³/mol. The second-order valence-electron chi connectivity index (χ2n) is 3.06. The molecule has 4 heteroatoms. The van der Waals surface area contributed by atoms with E-state index in [4.69, 9.17) is 14.8 Å². The van der Waals surface area contributed by atoms with Gasteiger partial charge >= 0.3 is 7.12 Å². The lowest BCUT2D eigenvalue weighted by molar-refractivity contribution is 0.132. The van der Waals surface area contributed by atoms with Crippen LogP contribution in [0.4, 0.5) is 0 Å². The monoisotopic (exact) mass is 160 g/mol. The largest absolute Gasteiger partial charge is 0.453 e. The molecule has 0 aliphatic rings. The van der Waals surface area contributed by atoms with E-state index in [1.807, 2.05) is 0 Å². The average molecular weight is 160 g/mol. The van der Waals surface area contributed by atoms with Crippen LogP contribution in [0.2, 0.25) is 6.32 Å². The molecule has 66 valence electrons. The summed E-state index contributed by atoms with van der Waals surface area (Å²) in [7, 11) is -1.23. The van der Waals surface area contributed by atoms with Crippen LogP contribution in [0.1, 0.15) is 20.3 Å². The van der Waals surface area contributed by atoms with E-state index in [2.05, 4.69) is 13.8 Å². The van der Waals surface area contributed by atoms with E-state index in [1.54, 1.807) is 0 Å². The Morgan fingerprint density at radius 1 is 1.27 bits per heavy atom. The highest BCUT2D eigenvalue weighted by Gasteiger charge is 2.04. The highest BCUT2D eigenvalue weighted by atomic mass is 16.5. The van der Waals surface area contributed by atoms with Gasteiger partial charge in [0.2, 0.25) is 0 Å². The molecule has 0 amide bonds. The SMILES string of the molecule is CC(C)CCOCCB(O)O. The quantitative estimate of drug-likeness (QED) is 0.440. The lowest BCUT2D eigenvalue weighted by atomic mass is 9.87. The summed E-state index contributed by atoms with van der Waals surface area (Å²) in [6.07, 6.45) is 1.33. The standard InChI is InChI=1S/C7H17BO3/c1-7(2)3-5-11-6-4-8(9)10/h7,9-10H,3-6H2,1-2H3. The molecule has 0 spiro atoms. The first-order valence-electron chi connectivity index (χ1n) is 4.06. The summed E-state index contributed by atoms with van der Waals surface area (Å²) < 4.78 is 5.14. The maximum absolute atomic E-state index is 8.44. The van der Waals surface area contributed by atoms with Crippen molar-refractivity contribution in [2.24, 2.45) is 5.92 Å². The van der Waals surface area contributed by atoms with Gasteiger partial charge in [-0.2, -0.15) is 0 Å². The van der Waals surface area contributed by atoms with Crippen molar-refractivity contribution in [1.82, 2.24) is 0 Å². The van der Waals surface area contributed by atoms with Crippen LogP contribution in [0, 0.1) is 5.92 Å². The first kappa shape index (κ1) is 10.9. The molecule has 0 rings (SSSR count). The van der Waals surface area contributed by atoms with Gasteiger partial charge in [-0.3, -0.25) is 0 Å². The highest BCUT2D eigenvalue weighted by Crippen LogP contribution is 1.99. The second kappa shape index (κ2) is 6.64. The van der Waals surface area contributed by atoms with Gasteiger partial charge in [-0.25, -0.2) is 0 Å². The fraction of sp³-hybridized carbons (Fsp3) is 1.00. The molecular formula is C7H17BO3. The third kappa shape index (κ3) is 9.94. The molecule has 0 saturated carbocycles. The molecule has 11 heavy (non-hydrogen) atoms. The molecule has 0 heterocycles. The van der Waals surface area contributed by atoms with E-state index in [0.29, 0.717) is 25.5 Å². The highest BCUT2D eigenvalue weighted by molar-refractivity contribution is 6.41. The van der Waals surface area contributed by atoms with Crippen LogP contribution in [0.5, 0.6) is 0 Å². The summed E-state index contributed by atoms with van der Waals surface area (Å²) in [6.45, 7) is 5.41. The van der Waals surface area contributed by atoms with Crippen LogP contribution in [0.3, 0.4) is 0 Å². The Hall–Kier alpha value is -0.0551. The Labute approximate surface area is 68.5 Å². The zero-order chi connectivity index (χ0) is 8.69. The van der Waals surface area contributed by atoms with Gasteiger partial charge in [0.25, 0.3) is 0 Å². The molecular weight excluding hydrogens is 143 g/mol. The smallest absolute Gasteiger partial charge is 0.427 e. The second-order valence-corrected chi connectivity index (χ2v) is 3.06. The van der Waals surface area contributed by atoms with Gasteiger partial charge in [-0.1, -0.05) is 13.8 Å². The van der Waals surface area contributed by atoms with Crippen LogP contribution in [-0.4, -0.2) is 30.4 Å². The first-order chi connectivity index (χ1) is 5.13. The van der Waals surface area contributed by atoms with Crippen LogP contribution in [0.25, 0.3) is 0 Å². The minimum absolute atomic E-state index is 0.304. The average Bonchev–Trinajstić information content (AvgIpc) is 1.85. The summed E-state index contributed by atoms with van der Waals surface area (Å²) in [6, 6.07) is 0. The molecule has 0 aliphatic heterocycles. The molecule has 0 aromatic heterocycles. The maximum Gasteiger partial charge on any atom is 0.453 e. The topological polar surface area (TPSA) is 49.7 Å². The van der Waals surface area contributed by atoms with E-state index in [0.717, 1.165) is 6.42 Å². The van der Waals surface area contributed by atoms with Crippen LogP contribution >= 0.6 is 0 Å². The van der Waals surface area contributed by atoms with Gasteiger partial charge in [0.1, 0.15) is 0 Å². The zero-order valence-corrected chi connectivity index (χ0v) is 7.29. The lowest BCUT2D eigenvalue weighted by Gasteiger charge is -2.05. The van der Waals surface area contributed by atoms with Gasteiger partial charge in [0, 0.05) is 19.5 Å². The van der Waals surface area contributed by atoms with Crippen LogP contribution in [0.15, 0.2) is 0 Å². The molecule has 0 unspecified atom stereocenters. The number of rotatable bonds is 6. The number of hydrogen-bond donors (Lipinski definition) is 2. The Kier molecular flexibility index (Phi) is 6.61. The molecule has 0 saturated heterocycles. The van der Waals surface area contributed by atoms with Crippen molar-refractivity contribution in [2.45, 2.75) is 26.6 Å². The predicted octanol–water partition coefficient (Wildman–Crippen LogP) is 0.522. The van der Waals surface area contributed by atoms with Crippen molar-refractivity contribution in [1.29, 1.82) is 0 Å². The van der Waals surface area contributed by atoms with Gasteiger partial charge < -0.3 is 14.8 Å². The lowest BCUT2D eigenvalue weighted by Crippen LogP contribution is -2.14. The van der Waals surface area contributed by atoms with Gasteiger partial charge in [0.05, 0.1) is 0 Å². The number of hydrogen-bond acceptors (Lipinski definition) is 3. The van der Waals surface area contributed by atoms with Crippen molar-refractivity contribution in [3.8, 4) is 0 Å². The fourth-order valence-electron chi connectivity index (χ4n) is 0.610. The van der Waals surface area contributed by atoms with Crippen molar-refractivity contribution in [3.05, 3.63) is 0 Å². The Bertz CT molecular complexity index is 75.8. The Morgan fingerprint density at radius 2 is 1.91 bits per heavy atom. The van der Waals surface area contributed by atoms with E-state index in [9.17, 15) is 0 Å². The summed E-state index contributed by atoms with van der Waals surface area (Å²) >= 11 is 0. The van der Waals surface area contributed by atoms with Crippen molar-refractivity contribution in [2.75, 3.05) is 13.2 Å². The van der Waals surface area contributed by atoms with E-state index in [-0.39, 0.29) is 0 Å². The van der Waals surface area contributed by atoms with E-state index < -0.39 is 7.12 Å². The summed E-state index contributed by atoms with van der Waals surface area (Å²) in [5, 5.41) is 16.9. The summed E-state index contributed by atoms with van der Waals surface area (Å²) in [4.78, 5) is 0. The molecule has 3 nitrogen and oxygen atoms in total. The summed E-state index contributed by atoms with van der Waals surface area (Å²) in [5.41, 5.74) is 0.